The minimum atomic E-state index is -2.92. The van der Waals surface area contributed by atoms with Crippen LogP contribution in [0, 0.1) is 0 Å². The molecule has 1 heterocycles. The van der Waals surface area contributed by atoms with E-state index in [1.807, 2.05) is 43.3 Å². The highest BCUT2D eigenvalue weighted by Gasteiger charge is 2.40. The number of amides is 1. The summed E-state index contributed by atoms with van der Waals surface area (Å²) in [5, 5.41) is 21.0. The van der Waals surface area contributed by atoms with Gasteiger partial charge in [-0.1, -0.05) is 37.3 Å². The zero-order valence-corrected chi connectivity index (χ0v) is 24.0. The molecular weight excluding hydrogens is 524 g/mol. The molecule has 212 valence electrons. The molecule has 2 aromatic carbocycles. The number of hydrogen-bond acceptors (Lipinski definition) is 7. The first-order valence-corrected chi connectivity index (χ1v) is 15.1. The van der Waals surface area contributed by atoms with Crippen LogP contribution in [0.4, 0.5) is 11.4 Å². The van der Waals surface area contributed by atoms with E-state index >= 15 is 0 Å². The molecule has 2 aromatic rings. The monoisotopic (exact) mass is 566 g/mol. The van der Waals surface area contributed by atoms with Crippen molar-refractivity contribution in [2.45, 2.75) is 70.1 Å². The maximum Gasteiger partial charge on any atom is 0.251 e. The Balaban J connectivity index is 0.00000400. The van der Waals surface area contributed by atoms with E-state index in [0.717, 1.165) is 43.4 Å². The van der Waals surface area contributed by atoms with Crippen LogP contribution in [0.1, 0.15) is 61.9 Å². The Kier molecular flexibility index (Phi) is 10.7. The largest absolute Gasteiger partial charge is 0.390 e. The molecule has 1 saturated carbocycles. The van der Waals surface area contributed by atoms with Gasteiger partial charge in [0, 0.05) is 36.4 Å². The highest BCUT2D eigenvalue weighted by Crippen LogP contribution is 2.50. The SMILES string of the molecule is CCNc1cc(C(=O)N[C@@H](Cc2ccccc2)[C@@H](O)CNC2(CC)CC2)cc(N2CCCCS2(O)O)c1.Cl. The van der Waals surface area contributed by atoms with Crippen LogP contribution in [-0.4, -0.2) is 63.2 Å². The van der Waals surface area contributed by atoms with E-state index in [2.05, 4.69) is 22.9 Å². The van der Waals surface area contributed by atoms with Crippen LogP contribution >= 0.6 is 23.2 Å². The Labute approximate surface area is 234 Å². The molecule has 0 unspecified atom stereocenters. The Morgan fingerprint density at radius 1 is 1.11 bits per heavy atom. The number of anilines is 2. The first kappa shape index (κ1) is 30.5. The number of aliphatic hydroxyl groups excluding tert-OH is 1. The van der Waals surface area contributed by atoms with Crippen molar-refractivity contribution in [3.05, 3.63) is 59.7 Å². The standard InChI is InChI=1S/C28H42N4O4S.ClH/c1-3-28(12-13-28)30-20-26(33)25(16-21-10-6-5-7-11-21)31-27(34)22-17-23(29-4-2)19-24(18-22)32-14-8-9-15-37(32,35)36;/h5-7,10-11,17-19,25-26,29-30,33,35-36H,3-4,8-9,12-16,20H2,1-2H3,(H,31,34);1H/t25-,26-;/m0./s1. The fourth-order valence-electron chi connectivity index (χ4n) is 4.97. The summed E-state index contributed by atoms with van der Waals surface area (Å²) in [6.07, 6.45) is 4.61. The summed E-state index contributed by atoms with van der Waals surface area (Å²) < 4.78 is 23.0. The van der Waals surface area contributed by atoms with E-state index in [4.69, 9.17) is 0 Å². The van der Waals surface area contributed by atoms with Crippen LogP contribution in [0.2, 0.25) is 0 Å². The Morgan fingerprint density at radius 2 is 1.84 bits per heavy atom. The van der Waals surface area contributed by atoms with Crippen LogP contribution < -0.4 is 20.3 Å². The summed E-state index contributed by atoms with van der Waals surface area (Å²) in [7, 11) is -2.92. The highest BCUT2D eigenvalue weighted by atomic mass is 35.5. The highest BCUT2D eigenvalue weighted by molar-refractivity contribution is 8.25. The summed E-state index contributed by atoms with van der Waals surface area (Å²) in [6.45, 7) is 5.73. The Morgan fingerprint density at radius 3 is 2.47 bits per heavy atom. The lowest BCUT2D eigenvalue weighted by Gasteiger charge is -2.47. The van der Waals surface area contributed by atoms with Crippen LogP contribution in [0.3, 0.4) is 0 Å². The normalized spacial score (nSPS) is 20.0. The van der Waals surface area contributed by atoms with Gasteiger partial charge in [0.15, 0.2) is 0 Å². The average molecular weight is 567 g/mol. The van der Waals surface area contributed by atoms with Crippen LogP contribution in [0.5, 0.6) is 0 Å². The minimum absolute atomic E-state index is 0. The second-order valence-electron chi connectivity index (χ2n) is 10.3. The third-order valence-electron chi connectivity index (χ3n) is 7.53. The van der Waals surface area contributed by atoms with Gasteiger partial charge >= 0.3 is 0 Å². The first-order chi connectivity index (χ1) is 17.7. The number of β-amino-alcohol motifs (C(OH)–C–C–N with tert-alkyl or cyclic N) is 1. The summed E-state index contributed by atoms with van der Waals surface area (Å²) in [5.74, 6) is 0.0310. The number of nitrogens with one attached hydrogen (secondary N) is 3. The molecular formula is C28H43ClN4O4S. The van der Waals surface area contributed by atoms with E-state index in [1.54, 1.807) is 16.4 Å². The zero-order chi connectivity index (χ0) is 26.5. The van der Waals surface area contributed by atoms with E-state index in [1.165, 1.54) is 0 Å². The number of hydrogen-bond donors (Lipinski definition) is 6. The summed E-state index contributed by atoms with van der Waals surface area (Å²) in [6, 6.07) is 14.7. The fraction of sp³-hybridized carbons (Fsp3) is 0.536. The van der Waals surface area contributed by atoms with Gasteiger partial charge in [0.25, 0.3) is 5.91 Å². The minimum Gasteiger partial charge on any atom is -0.390 e. The summed E-state index contributed by atoms with van der Waals surface area (Å²) in [5.41, 5.74) is 2.93. The molecule has 10 heteroatoms. The lowest BCUT2D eigenvalue weighted by Crippen LogP contribution is -2.50. The number of nitrogens with zero attached hydrogens (tertiary/aromatic N) is 1. The molecule has 38 heavy (non-hydrogen) atoms. The van der Waals surface area contributed by atoms with Gasteiger partial charge < -0.3 is 21.1 Å². The smallest absolute Gasteiger partial charge is 0.251 e. The molecule has 2 fully saturated rings. The topological polar surface area (TPSA) is 117 Å². The van der Waals surface area contributed by atoms with E-state index in [9.17, 15) is 19.0 Å². The van der Waals surface area contributed by atoms with Crippen molar-refractivity contribution in [2.24, 2.45) is 0 Å². The van der Waals surface area contributed by atoms with E-state index in [0.29, 0.717) is 43.1 Å². The third-order valence-corrected chi connectivity index (χ3v) is 9.46. The van der Waals surface area contributed by atoms with Crippen LogP contribution in [0.25, 0.3) is 0 Å². The molecule has 1 saturated heterocycles. The first-order valence-electron chi connectivity index (χ1n) is 13.5. The molecule has 1 aliphatic carbocycles. The molecule has 4 rings (SSSR count). The molecule has 0 aromatic heterocycles. The number of halogens is 1. The molecule has 8 nitrogen and oxygen atoms in total. The van der Waals surface area contributed by atoms with Crippen molar-refractivity contribution in [3.63, 3.8) is 0 Å². The lowest BCUT2D eigenvalue weighted by atomic mass is 9.99. The Hall–Kier alpha value is -2.01. The zero-order valence-electron chi connectivity index (χ0n) is 22.4. The van der Waals surface area contributed by atoms with Gasteiger partial charge in [0.1, 0.15) is 0 Å². The molecule has 0 radical (unpaired) electrons. The predicted molar refractivity (Wildman–Crippen MR) is 160 cm³/mol. The number of carbonyl (C=O) groups is 1. The van der Waals surface area contributed by atoms with Crippen molar-refractivity contribution in [2.75, 3.05) is 35.0 Å². The summed E-state index contributed by atoms with van der Waals surface area (Å²) in [4.78, 5) is 13.6. The van der Waals surface area contributed by atoms with E-state index < -0.39 is 22.9 Å². The van der Waals surface area contributed by atoms with Gasteiger partial charge in [-0.3, -0.25) is 18.2 Å². The molecule has 1 amide bonds. The quantitative estimate of drug-likeness (QED) is 0.213. The second-order valence-corrected chi connectivity index (χ2v) is 12.4. The maximum atomic E-state index is 13.6. The Bertz CT molecular complexity index is 1050. The number of benzene rings is 2. The van der Waals surface area contributed by atoms with Crippen molar-refractivity contribution in [1.82, 2.24) is 10.6 Å². The average Bonchev–Trinajstić information content (AvgIpc) is 3.67. The molecule has 1 aliphatic heterocycles. The van der Waals surface area contributed by atoms with Crippen molar-refractivity contribution in [1.29, 1.82) is 0 Å². The van der Waals surface area contributed by atoms with Crippen molar-refractivity contribution >= 4 is 40.5 Å². The van der Waals surface area contributed by atoms with E-state index in [-0.39, 0.29) is 23.9 Å². The van der Waals surface area contributed by atoms with Gasteiger partial charge in [-0.25, -0.2) is 0 Å². The van der Waals surface area contributed by atoms with Gasteiger partial charge in [0.05, 0.1) is 23.6 Å². The van der Waals surface area contributed by atoms with Gasteiger partial charge in [-0.15, -0.1) is 23.2 Å². The summed E-state index contributed by atoms with van der Waals surface area (Å²) >= 11 is 0. The van der Waals surface area contributed by atoms with Crippen molar-refractivity contribution in [3.8, 4) is 0 Å². The molecule has 6 N–H and O–H groups in total. The maximum absolute atomic E-state index is 13.6. The van der Waals surface area contributed by atoms with Gasteiger partial charge in [-0.2, -0.15) is 0 Å². The fourth-order valence-corrected chi connectivity index (χ4v) is 6.65. The molecule has 0 bridgehead atoms. The van der Waals surface area contributed by atoms with Gasteiger partial charge in [-0.05, 0) is 69.2 Å². The van der Waals surface area contributed by atoms with Crippen molar-refractivity contribution < 1.29 is 19.0 Å². The van der Waals surface area contributed by atoms with Gasteiger partial charge in [0.2, 0.25) is 0 Å². The second kappa shape index (κ2) is 13.4. The molecule has 2 aliphatic rings. The predicted octanol–water partition coefficient (Wildman–Crippen LogP) is 5.04. The molecule has 0 spiro atoms. The molecule has 2 atom stereocenters. The van der Waals surface area contributed by atoms with Crippen LogP contribution in [0.15, 0.2) is 48.5 Å². The van der Waals surface area contributed by atoms with Crippen LogP contribution in [-0.2, 0) is 6.42 Å². The lowest BCUT2D eigenvalue weighted by molar-refractivity contribution is 0.0822. The number of rotatable bonds is 12. The number of aliphatic hydroxyl groups is 1. The third kappa shape index (κ3) is 7.77. The number of carbonyl (C=O) groups excluding carboxylic acids is 1.